The SMILES string of the molecule is Cl.O=C(CCc1cc(F)ccc1F)NCC(N1CCNCC1)C(F)(F)F. The highest BCUT2D eigenvalue weighted by Crippen LogP contribution is 2.24. The molecule has 2 rings (SSSR count). The molecule has 1 saturated heterocycles. The van der Waals surface area contributed by atoms with Crippen LogP contribution in [0.25, 0.3) is 0 Å². The van der Waals surface area contributed by atoms with E-state index >= 15 is 0 Å². The Labute approximate surface area is 154 Å². The summed E-state index contributed by atoms with van der Waals surface area (Å²) in [6, 6.07) is 1.12. The number of hydrogen-bond acceptors (Lipinski definition) is 3. The fraction of sp³-hybridized carbons (Fsp3) is 0.562. The number of rotatable bonds is 6. The third-order valence-corrected chi connectivity index (χ3v) is 4.09. The zero-order valence-electron chi connectivity index (χ0n) is 13.9. The van der Waals surface area contributed by atoms with Crippen molar-refractivity contribution in [3.05, 3.63) is 35.4 Å². The quantitative estimate of drug-likeness (QED) is 0.719. The van der Waals surface area contributed by atoms with Crippen LogP contribution in [-0.4, -0.2) is 55.7 Å². The number of alkyl halides is 3. The van der Waals surface area contributed by atoms with E-state index < -0.39 is 36.3 Å². The Morgan fingerprint density at radius 2 is 1.88 bits per heavy atom. The second-order valence-corrected chi connectivity index (χ2v) is 5.88. The van der Waals surface area contributed by atoms with Crippen LogP contribution in [0.5, 0.6) is 0 Å². The summed E-state index contributed by atoms with van der Waals surface area (Å²) in [6.45, 7) is 0.843. The molecular weight excluding hydrogens is 381 g/mol. The van der Waals surface area contributed by atoms with Crippen molar-refractivity contribution in [2.75, 3.05) is 32.7 Å². The molecule has 1 aliphatic heterocycles. The molecule has 0 radical (unpaired) electrons. The molecule has 1 unspecified atom stereocenters. The number of halogens is 6. The monoisotopic (exact) mass is 401 g/mol. The molecule has 4 nitrogen and oxygen atoms in total. The molecule has 2 N–H and O–H groups in total. The summed E-state index contributed by atoms with van der Waals surface area (Å²) < 4.78 is 66.1. The van der Waals surface area contributed by atoms with Crippen molar-refractivity contribution in [3.63, 3.8) is 0 Å². The predicted octanol–water partition coefficient (Wildman–Crippen LogP) is 2.27. The van der Waals surface area contributed by atoms with Gasteiger partial charge >= 0.3 is 6.18 Å². The van der Waals surface area contributed by atoms with Crippen LogP contribution < -0.4 is 10.6 Å². The van der Waals surface area contributed by atoms with Crippen LogP contribution in [0.15, 0.2) is 18.2 Å². The lowest BCUT2D eigenvalue weighted by Crippen LogP contribution is -2.57. The van der Waals surface area contributed by atoms with Crippen molar-refractivity contribution < 1.29 is 26.7 Å². The van der Waals surface area contributed by atoms with Gasteiger partial charge in [-0.05, 0) is 30.2 Å². The van der Waals surface area contributed by atoms with Crippen molar-refractivity contribution in [1.82, 2.24) is 15.5 Å². The number of nitrogens with zero attached hydrogens (tertiary/aromatic N) is 1. The minimum Gasteiger partial charge on any atom is -0.354 e. The van der Waals surface area contributed by atoms with E-state index in [9.17, 15) is 26.7 Å². The minimum absolute atomic E-state index is 0. The number of aryl methyl sites for hydroxylation is 1. The number of amides is 1. The molecule has 1 aromatic rings. The van der Waals surface area contributed by atoms with Gasteiger partial charge in [0.15, 0.2) is 0 Å². The van der Waals surface area contributed by atoms with Crippen LogP contribution in [0.1, 0.15) is 12.0 Å². The molecule has 1 heterocycles. The maximum atomic E-state index is 13.5. The standard InChI is InChI=1S/C16H20F5N3O.ClH/c17-12-2-3-13(18)11(9-12)1-4-15(25)23-10-14(16(19,20)21)24-7-5-22-6-8-24;/h2-3,9,14,22H,1,4-8,10H2,(H,23,25);1H. The van der Waals surface area contributed by atoms with E-state index in [0.29, 0.717) is 13.1 Å². The van der Waals surface area contributed by atoms with E-state index in [1.165, 1.54) is 4.90 Å². The van der Waals surface area contributed by atoms with E-state index in [0.717, 1.165) is 18.2 Å². The Morgan fingerprint density at radius 1 is 1.23 bits per heavy atom. The molecule has 1 amide bonds. The number of carbonyl (C=O) groups is 1. The van der Waals surface area contributed by atoms with Crippen LogP contribution in [0, 0.1) is 11.6 Å². The topological polar surface area (TPSA) is 44.4 Å². The van der Waals surface area contributed by atoms with Crippen LogP contribution in [0.3, 0.4) is 0 Å². The van der Waals surface area contributed by atoms with Crippen LogP contribution in [0.2, 0.25) is 0 Å². The van der Waals surface area contributed by atoms with Crippen molar-refractivity contribution in [3.8, 4) is 0 Å². The smallest absolute Gasteiger partial charge is 0.354 e. The summed E-state index contributed by atoms with van der Waals surface area (Å²) in [5, 5.41) is 5.23. The van der Waals surface area contributed by atoms with Gasteiger partial charge in [-0.15, -0.1) is 12.4 Å². The summed E-state index contributed by atoms with van der Waals surface area (Å²) in [7, 11) is 0. The molecule has 148 valence electrons. The van der Waals surface area contributed by atoms with Crippen molar-refractivity contribution >= 4 is 18.3 Å². The molecule has 1 atom stereocenters. The zero-order chi connectivity index (χ0) is 18.4. The van der Waals surface area contributed by atoms with Gasteiger partial charge in [0, 0.05) is 39.1 Å². The largest absolute Gasteiger partial charge is 0.405 e. The number of carbonyl (C=O) groups excluding carboxylic acids is 1. The zero-order valence-corrected chi connectivity index (χ0v) is 14.7. The Balaban J connectivity index is 0.00000338. The first kappa shape index (κ1) is 22.6. The average Bonchev–Trinajstić information content (AvgIpc) is 2.55. The lowest BCUT2D eigenvalue weighted by Gasteiger charge is -2.35. The molecule has 1 fully saturated rings. The van der Waals surface area contributed by atoms with Gasteiger partial charge in [-0.1, -0.05) is 0 Å². The molecule has 10 heteroatoms. The fourth-order valence-corrected chi connectivity index (χ4v) is 2.73. The summed E-state index contributed by atoms with van der Waals surface area (Å²) in [5.74, 6) is -1.91. The number of nitrogens with one attached hydrogen (secondary N) is 2. The molecular formula is C16H21ClF5N3O. The molecule has 1 aliphatic rings. The molecule has 26 heavy (non-hydrogen) atoms. The Hall–Kier alpha value is -1.45. The highest BCUT2D eigenvalue weighted by atomic mass is 35.5. The fourth-order valence-electron chi connectivity index (χ4n) is 2.73. The first-order chi connectivity index (χ1) is 11.8. The Kier molecular flexibility index (Phi) is 8.72. The molecule has 0 saturated carbocycles. The van der Waals surface area contributed by atoms with Gasteiger partial charge in [-0.2, -0.15) is 13.2 Å². The summed E-state index contributed by atoms with van der Waals surface area (Å²) in [4.78, 5) is 13.1. The number of hydrogen-bond donors (Lipinski definition) is 2. The minimum atomic E-state index is -4.46. The second-order valence-electron chi connectivity index (χ2n) is 5.88. The Morgan fingerprint density at radius 3 is 2.50 bits per heavy atom. The first-order valence-electron chi connectivity index (χ1n) is 7.99. The third-order valence-electron chi connectivity index (χ3n) is 4.09. The van der Waals surface area contributed by atoms with Gasteiger partial charge in [0.25, 0.3) is 0 Å². The van der Waals surface area contributed by atoms with E-state index in [2.05, 4.69) is 10.6 Å². The molecule has 1 aromatic carbocycles. The second kappa shape index (κ2) is 10.0. The van der Waals surface area contributed by atoms with Crippen molar-refractivity contribution in [2.24, 2.45) is 0 Å². The average molecular weight is 402 g/mol. The predicted molar refractivity (Wildman–Crippen MR) is 89.2 cm³/mol. The van der Waals surface area contributed by atoms with Gasteiger partial charge in [-0.3, -0.25) is 9.69 Å². The summed E-state index contributed by atoms with van der Waals surface area (Å²) in [6.07, 6.45) is -4.76. The van der Waals surface area contributed by atoms with E-state index in [1.54, 1.807) is 0 Å². The molecule has 0 aromatic heterocycles. The van der Waals surface area contributed by atoms with Gasteiger partial charge in [-0.25, -0.2) is 8.78 Å². The van der Waals surface area contributed by atoms with E-state index in [1.807, 2.05) is 0 Å². The summed E-state index contributed by atoms with van der Waals surface area (Å²) in [5.41, 5.74) is 0.0182. The van der Waals surface area contributed by atoms with Gasteiger partial charge < -0.3 is 10.6 Å². The van der Waals surface area contributed by atoms with Crippen molar-refractivity contribution in [2.45, 2.75) is 25.1 Å². The summed E-state index contributed by atoms with van der Waals surface area (Å²) >= 11 is 0. The normalized spacial score (nSPS) is 16.7. The van der Waals surface area contributed by atoms with E-state index in [4.69, 9.17) is 0 Å². The van der Waals surface area contributed by atoms with Crippen LogP contribution >= 0.6 is 12.4 Å². The molecule has 0 bridgehead atoms. The van der Waals surface area contributed by atoms with Gasteiger partial charge in [0.2, 0.25) is 5.91 Å². The van der Waals surface area contributed by atoms with Gasteiger partial charge in [0.05, 0.1) is 0 Å². The van der Waals surface area contributed by atoms with Gasteiger partial charge in [0.1, 0.15) is 17.7 Å². The maximum Gasteiger partial charge on any atom is 0.405 e. The highest BCUT2D eigenvalue weighted by Gasteiger charge is 2.43. The Bertz CT molecular complexity index is 594. The van der Waals surface area contributed by atoms with E-state index in [-0.39, 0.29) is 43.9 Å². The lowest BCUT2D eigenvalue weighted by atomic mass is 10.1. The highest BCUT2D eigenvalue weighted by molar-refractivity contribution is 5.85. The van der Waals surface area contributed by atoms with Crippen molar-refractivity contribution in [1.29, 1.82) is 0 Å². The van der Waals surface area contributed by atoms with Crippen LogP contribution in [-0.2, 0) is 11.2 Å². The lowest BCUT2D eigenvalue weighted by molar-refractivity contribution is -0.184. The number of piperazine rings is 1. The molecule has 0 spiro atoms. The van der Waals surface area contributed by atoms with Crippen LogP contribution in [0.4, 0.5) is 22.0 Å². The third kappa shape index (κ3) is 6.69. The molecule has 0 aliphatic carbocycles. The first-order valence-corrected chi connectivity index (χ1v) is 7.99. The number of benzene rings is 1. The maximum absolute atomic E-state index is 13.5.